The van der Waals surface area contributed by atoms with E-state index in [0.717, 1.165) is 11.5 Å². The van der Waals surface area contributed by atoms with Crippen LogP contribution >= 0.6 is 0 Å². The first-order chi connectivity index (χ1) is 9.09. The predicted octanol–water partition coefficient (Wildman–Crippen LogP) is 2.88. The zero-order valence-corrected chi connectivity index (χ0v) is 11.4. The number of aromatic nitrogens is 2. The second-order valence-corrected chi connectivity index (χ2v) is 4.50. The Morgan fingerprint density at radius 3 is 2.63 bits per heavy atom. The fourth-order valence-corrected chi connectivity index (χ4v) is 1.85. The predicted molar refractivity (Wildman–Crippen MR) is 75.3 cm³/mol. The summed E-state index contributed by atoms with van der Waals surface area (Å²) in [6.07, 6.45) is 3.44. The highest BCUT2D eigenvalue weighted by atomic mass is 16.1. The molecule has 2 aromatic rings. The number of rotatable bonds is 4. The van der Waals surface area contributed by atoms with Gasteiger partial charge < -0.3 is 4.90 Å². The number of anilines is 1. The maximum absolute atomic E-state index is 11.4. The van der Waals surface area contributed by atoms with Crippen molar-refractivity contribution in [1.82, 2.24) is 9.97 Å². The highest BCUT2D eigenvalue weighted by Crippen LogP contribution is 2.22. The number of nitrogens with zero attached hydrogens (tertiary/aromatic N) is 3. The molecular formula is C15H17N3O. The topological polar surface area (TPSA) is 46.1 Å². The van der Waals surface area contributed by atoms with Gasteiger partial charge in [-0.15, -0.1) is 0 Å². The number of carbonyl (C=O) groups is 1. The van der Waals surface area contributed by atoms with E-state index in [1.807, 2.05) is 36.2 Å². The molecule has 19 heavy (non-hydrogen) atoms. The summed E-state index contributed by atoms with van der Waals surface area (Å²) in [5, 5.41) is 0. The number of pyridine rings is 2. The van der Waals surface area contributed by atoms with Crippen molar-refractivity contribution in [2.45, 2.75) is 19.9 Å². The summed E-state index contributed by atoms with van der Waals surface area (Å²) in [5.74, 6) is 0.813. The van der Waals surface area contributed by atoms with E-state index in [1.54, 1.807) is 25.4 Å². The monoisotopic (exact) mass is 255 g/mol. The third-order valence-electron chi connectivity index (χ3n) is 3.21. The summed E-state index contributed by atoms with van der Waals surface area (Å²) in [6, 6.07) is 9.47. The van der Waals surface area contributed by atoms with Crippen LogP contribution in [-0.2, 0) is 0 Å². The van der Waals surface area contributed by atoms with Gasteiger partial charge in [-0.25, -0.2) is 4.98 Å². The van der Waals surface area contributed by atoms with Gasteiger partial charge in [0.05, 0.1) is 11.7 Å². The van der Waals surface area contributed by atoms with Crippen molar-refractivity contribution in [3.63, 3.8) is 0 Å². The number of hydrogen-bond acceptors (Lipinski definition) is 4. The largest absolute Gasteiger partial charge is 0.351 e. The number of ketones is 1. The summed E-state index contributed by atoms with van der Waals surface area (Å²) in [4.78, 5) is 22.1. The molecule has 0 saturated heterocycles. The fourth-order valence-electron chi connectivity index (χ4n) is 1.85. The molecule has 0 amide bonds. The zero-order chi connectivity index (χ0) is 13.8. The van der Waals surface area contributed by atoms with Crippen LogP contribution in [0.4, 0.5) is 5.82 Å². The Morgan fingerprint density at radius 2 is 2.00 bits per heavy atom. The van der Waals surface area contributed by atoms with Crippen molar-refractivity contribution in [3.05, 3.63) is 54.0 Å². The Hall–Kier alpha value is -2.23. The molecule has 1 atom stereocenters. The molecule has 4 nitrogen and oxygen atoms in total. The van der Waals surface area contributed by atoms with Gasteiger partial charge in [0.1, 0.15) is 5.82 Å². The van der Waals surface area contributed by atoms with Gasteiger partial charge in [0.25, 0.3) is 0 Å². The van der Waals surface area contributed by atoms with Crippen LogP contribution in [0.15, 0.2) is 42.7 Å². The highest BCUT2D eigenvalue weighted by molar-refractivity contribution is 5.94. The molecule has 0 spiro atoms. The highest BCUT2D eigenvalue weighted by Gasteiger charge is 2.15. The third-order valence-corrected chi connectivity index (χ3v) is 3.21. The molecule has 0 radical (unpaired) electrons. The quantitative estimate of drug-likeness (QED) is 0.788. The van der Waals surface area contributed by atoms with Crippen molar-refractivity contribution < 1.29 is 4.79 Å². The van der Waals surface area contributed by atoms with Crippen LogP contribution in [0.1, 0.15) is 35.9 Å². The van der Waals surface area contributed by atoms with Crippen molar-refractivity contribution in [1.29, 1.82) is 0 Å². The lowest BCUT2D eigenvalue weighted by Gasteiger charge is -2.25. The summed E-state index contributed by atoms with van der Waals surface area (Å²) in [5.41, 5.74) is 1.64. The number of hydrogen-bond donors (Lipinski definition) is 0. The molecule has 0 bridgehead atoms. The van der Waals surface area contributed by atoms with Gasteiger partial charge in [0, 0.05) is 25.0 Å². The van der Waals surface area contributed by atoms with Gasteiger partial charge in [0.15, 0.2) is 5.78 Å². The lowest BCUT2D eigenvalue weighted by Crippen LogP contribution is -2.23. The van der Waals surface area contributed by atoms with E-state index < -0.39 is 0 Å². The van der Waals surface area contributed by atoms with E-state index >= 15 is 0 Å². The molecule has 4 heteroatoms. The second-order valence-electron chi connectivity index (χ2n) is 4.50. The van der Waals surface area contributed by atoms with E-state index in [4.69, 9.17) is 0 Å². The minimum atomic E-state index is 0.0440. The lowest BCUT2D eigenvalue weighted by molar-refractivity contribution is 0.101. The maximum atomic E-state index is 11.4. The molecule has 0 fully saturated rings. The van der Waals surface area contributed by atoms with Crippen LogP contribution in [0.25, 0.3) is 0 Å². The van der Waals surface area contributed by atoms with E-state index in [1.165, 1.54) is 0 Å². The van der Waals surface area contributed by atoms with Crippen LogP contribution in [0.3, 0.4) is 0 Å². The van der Waals surface area contributed by atoms with E-state index in [9.17, 15) is 4.79 Å². The molecular weight excluding hydrogens is 238 g/mol. The molecule has 0 aliphatic carbocycles. The average Bonchev–Trinajstić information content (AvgIpc) is 2.46. The summed E-state index contributed by atoms with van der Waals surface area (Å²) < 4.78 is 0. The van der Waals surface area contributed by atoms with Crippen molar-refractivity contribution >= 4 is 11.6 Å². The van der Waals surface area contributed by atoms with Crippen LogP contribution in [0, 0.1) is 0 Å². The van der Waals surface area contributed by atoms with E-state index in [2.05, 4.69) is 16.9 Å². The first-order valence-electron chi connectivity index (χ1n) is 6.20. The minimum absolute atomic E-state index is 0.0440. The molecule has 1 unspecified atom stereocenters. The molecule has 0 aromatic carbocycles. The van der Waals surface area contributed by atoms with Gasteiger partial charge in [-0.05, 0) is 38.1 Å². The Kier molecular flexibility index (Phi) is 3.90. The van der Waals surface area contributed by atoms with Crippen LogP contribution in [-0.4, -0.2) is 22.8 Å². The summed E-state index contributed by atoms with van der Waals surface area (Å²) in [7, 11) is 1.95. The van der Waals surface area contributed by atoms with Gasteiger partial charge in [-0.1, -0.05) is 6.07 Å². The van der Waals surface area contributed by atoms with Gasteiger partial charge in [0.2, 0.25) is 0 Å². The standard InChI is InChI=1S/C15H17N3O/c1-11(14-6-4-5-8-16-14)18(3)15-10-13(12(2)19)7-9-17-15/h4-11H,1-3H3. The summed E-state index contributed by atoms with van der Waals surface area (Å²) in [6.45, 7) is 3.62. The van der Waals surface area contributed by atoms with Gasteiger partial charge >= 0.3 is 0 Å². The molecule has 0 saturated carbocycles. The Morgan fingerprint density at radius 1 is 1.21 bits per heavy atom. The Bertz CT molecular complexity index is 569. The van der Waals surface area contributed by atoms with Crippen LogP contribution in [0.2, 0.25) is 0 Å². The normalized spacial score (nSPS) is 11.9. The van der Waals surface area contributed by atoms with Crippen LogP contribution in [0.5, 0.6) is 0 Å². The van der Waals surface area contributed by atoms with Crippen molar-refractivity contribution in [2.24, 2.45) is 0 Å². The maximum Gasteiger partial charge on any atom is 0.159 e. The Balaban J connectivity index is 2.26. The number of Topliss-reactive ketones (excluding diaryl/α,β-unsaturated/α-hetero) is 1. The fraction of sp³-hybridized carbons (Fsp3) is 0.267. The average molecular weight is 255 g/mol. The van der Waals surface area contributed by atoms with Crippen molar-refractivity contribution in [3.8, 4) is 0 Å². The summed E-state index contributed by atoms with van der Waals surface area (Å²) >= 11 is 0. The third kappa shape index (κ3) is 2.96. The molecule has 0 aliphatic heterocycles. The smallest absolute Gasteiger partial charge is 0.159 e. The Labute approximate surface area is 113 Å². The molecule has 98 valence electrons. The second kappa shape index (κ2) is 5.61. The van der Waals surface area contributed by atoms with Crippen molar-refractivity contribution in [2.75, 3.05) is 11.9 Å². The lowest BCUT2D eigenvalue weighted by atomic mass is 10.1. The zero-order valence-electron chi connectivity index (χ0n) is 11.4. The first-order valence-corrected chi connectivity index (χ1v) is 6.20. The SMILES string of the molecule is CC(=O)c1ccnc(N(C)C(C)c2ccccn2)c1. The van der Waals surface area contributed by atoms with Crippen LogP contribution < -0.4 is 4.90 Å². The first kappa shape index (κ1) is 13.2. The molecule has 2 rings (SSSR count). The molecule has 0 N–H and O–H groups in total. The van der Waals surface area contributed by atoms with E-state index in [-0.39, 0.29) is 11.8 Å². The number of carbonyl (C=O) groups excluding carboxylic acids is 1. The molecule has 0 aliphatic rings. The molecule has 2 heterocycles. The van der Waals surface area contributed by atoms with Gasteiger partial charge in [-0.2, -0.15) is 0 Å². The minimum Gasteiger partial charge on any atom is -0.351 e. The molecule has 2 aromatic heterocycles. The van der Waals surface area contributed by atoms with Gasteiger partial charge in [-0.3, -0.25) is 9.78 Å². The van der Waals surface area contributed by atoms with E-state index in [0.29, 0.717) is 5.56 Å².